The summed E-state index contributed by atoms with van der Waals surface area (Å²) in [5.41, 5.74) is 0.704. The van der Waals surface area contributed by atoms with Crippen LogP contribution in [0, 0.1) is 5.41 Å². The van der Waals surface area contributed by atoms with Crippen LogP contribution in [0.4, 0.5) is 39.5 Å². The van der Waals surface area contributed by atoms with Gasteiger partial charge in [-0.15, -0.1) is 0 Å². The van der Waals surface area contributed by atoms with Gasteiger partial charge >= 0.3 is 36.4 Å². The third kappa shape index (κ3) is 12.6. The maximum Gasteiger partial charge on any atom is 0.490 e. The van der Waals surface area contributed by atoms with Crippen molar-refractivity contribution in [2.75, 3.05) is 39.3 Å². The standard InChI is InChI=1S/C13H25N3.3C2HF3O2/c1-11(2)15-5-3-12(4-6-15)16-9-13(10-16)7-14-8-13;3*3-2(4,5)1(6)7/h11-12,14H,3-10H2,1-2H3;3*(H,6,7). The molecule has 4 N–H and O–H groups in total. The number of rotatable bonds is 2. The molecule has 3 aliphatic rings. The van der Waals surface area contributed by atoms with Crippen molar-refractivity contribution < 1.29 is 69.2 Å². The molecule has 37 heavy (non-hydrogen) atoms. The smallest absolute Gasteiger partial charge is 0.475 e. The van der Waals surface area contributed by atoms with E-state index in [0.29, 0.717) is 5.41 Å². The zero-order chi connectivity index (χ0) is 29.4. The van der Waals surface area contributed by atoms with Crippen LogP contribution in [0.1, 0.15) is 26.7 Å². The molecule has 3 rings (SSSR count). The number of carbonyl (C=O) groups is 3. The van der Waals surface area contributed by atoms with E-state index in [9.17, 15) is 39.5 Å². The topological polar surface area (TPSA) is 130 Å². The first-order valence-corrected chi connectivity index (χ1v) is 10.6. The van der Waals surface area contributed by atoms with E-state index in [1.54, 1.807) is 0 Å². The number of alkyl halides is 9. The zero-order valence-corrected chi connectivity index (χ0v) is 19.7. The molecule has 0 radical (unpaired) electrons. The van der Waals surface area contributed by atoms with Gasteiger partial charge in [0.25, 0.3) is 0 Å². The summed E-state index contributed by atoms with van der Waals surface area (Å²) in [6, 6.07) is 1.63. The summed E-state index contributed by atoms with van der Waals surface area (Å²) in [6.07, 6.45) is -12.5. The lowest BCUT2D eigenvalue weighted by molar-refractivity contribution is -0.193. The summed E-state index contributed by atoms with van der Waals surface area (Å²) in [4.78, 5) is 32.0. The molecule has 0 aromatic carbocycles. The molecule has 3 aliphatic heterocycles. The van der Waals surface area contributed by atoms with Crippen LogP contribution in [0.5, 0.6) is 0 Å². The van der Waals surface area contributed by atoms with Crippen LogP contribution in [0.25, 0.3) is 0 Å². The van der Waals surface area contributed by atoms with Gasteiger partial charge in [0, 0.05) is 43.7 Å². The van der Waals surface area contributed by atoms with Crippen molar-refractivity contribution in [2.24, 2.45) is 5.41 Å². The van der Waals surface area contributed by atoms with Crippen molar-refractivity contribution in [2.45, 2.75) is 57.3 Å². The first kappa shape index (κ1) is 34.7. The van der Waals surface area contributed by atoms with Crippen LogP contribution in [-0.4, -0.2) is 113 Å². The number of carboxylic acids is 3. The Morgan fingerprint density at radius 3 is 1.24 bits per heavy atom. The highest BCUT2D eigenvalue weighted by molar-refractivity contribution is 5.73. The number of halogens is 9. The van der Waals surface area contributed by atoms with Gasteiger partial charge in [-0.3, -0.25) is 4.90 Å². The number of hydrogen-bond acceptors (Lipinski definition) is 6. The van der Waals surface area contributed by atoms with Gasteiger partial charge in [0.05, 0.1) is 0 Å². The van der Waals surface area contributed by atoms with E-state index in [4.69, 9.17) is 29.7 Å². The summed E-state index contributed by atoms with van der Waals surface area (Å²) in [7, 11) is 0. The van der Waals surface area contributed by atoms with Gasteiger partial charge in [0.15, 0.2) is 0 Å². The molecule has 218 valence electrons. The molecule has 18 heteroatoms. The maximum absolute atomic E-state index is 10.6. The lowest BCUT2D eigenvalue weighted by Crippen LogP contribution is -2.73. The Kier molecular flexibility index (Phi) is 12.6. The number of hydrogen-bond donors (Lipinski definition) is 4. The van der Waals surface area contributed by atoms with Gasteiger partial charge in [0.2, 0.25) is 0 Å². The van der Waals surface area contributed by atoms with Crippen molar-refractivity contribution >= 4 is 17.9 Å². The van der Waals surface area contributed by atoms with Crippen molar-refractivity contribution in [3.63, 3.8) is 0 Å². The van der Waals surface area contributed by atoms with E-state index in [1.165, 1.54) is 52.1 Å². The summed E-state index contributed by atoms with van der Waals surface area (Å²) in [5, 5.41) is 24.8. The number of carboxylic acid groups (broad SMARTS) is 3. The number of likely N-dealkylation sites (tertiary alicyclic amines) is 2. The minimum absolute atomic E-state index is 0.704. The van der Waals surface area contributed by atoms with E-state index in [-0.39, 0.29) is 0 Å². The average molecular weight is 565 g/mol. The molecule has 1 spiro atoms. The Morgan fingerprint density at radius 2 is 1.05 bits per heavy atom. The van der Waals surface area contributed by atoms with Crippen molar-refractivity contribution in [1.29, 1.82) is 0 Å². The van der Waals surface area contributed by atoms with Gasteiger partial charge in [-0.25, -0.2) is 14.4 Å². The molecular weight excluding hydrogens is 537 g/mol. The highest BCUT2D eigenvalue weighted by Crippen LogP contribution is 2.37. The minimum Gasteiger partial charge on any atom is -0.475 e. The fraction of sp³-hybridized carbons (Fsp3) is 0.842. The molecule has 0 bridgehead atoms. The third-order valence-corrected chi connectivity index (χ3v) is 5.55. The molecule has 0 aliphatic carbocycles. The summed E-state index contributed by atoms with van der Waals surface area (Å²) in [6.45, 7) is 12.5. The molecular formula is C19H28F9N3O6. The molecule has 0 unspecified atom stereocenters. The second-order valence-electron chi connectivity index (χ2n) is 8.78. The van der Waals surface area contributed by atoms with E-state index in [0.717, 1.165) is 12.1 Å². The lowest BCUT2D eigenvalue weighted by atomic mass is 9.73. The van der Waals surface area contributed by atoms with E-state index >= 15 is 0 Å². The third-order valence-electron chi connectivity index (χ3n) is 5.55. The number of nitrogens with zero attached hydrogens (tertiary/aromatic N) is 2. The summed E-state index contributed by atoms with van der Waals surface area (Å²) in [5.74, 6) is -8.27. The van der Waals surface area contributed by atoms with Gasteiger partial charge in [-0.2, -0.15) is 39.5 Å². The highest BCUT2D eigenvalue weighted by atomic mass is 19.4. The molecule has 0 atom stereocenters. The SMILES string of the molecule is CC(C)N1CCC(N2CC3(CNC3)C2)CC1.O=C(O)C(F)(F)F.O=C(O)C(F)(F)F.O=C(O)C(F)(F)F. The Hall–Kier alpha value is -2.34. The highest BCUT2D eigenvalue weighted by Gasteiger charge is 2.49. The molecule has 0 aromatic rings. The van der Waals surface area contributed by atoms with Crippen molar-refractivity contribution in [3.05, 3.63) is 0 Å². The predicted molar refractivity (Wildman–Crippen MR) is 108 cm³/mol. The second kappa shape index (κ2) is 13.5. The van der Waals surface area contributed by atoms with Gasteiger partial charge < -0.3 is 25.5 Å². The van der Waals surface area contributed by atoms with Gasteiger partial charge in [-0.05, 0) is 39.8 Å². The van der Waals surface area contributed by atoms with Crippen LogP contribution < -0.4 is 5.32 Å². The summed E-state index contributed by atoms with van der Waals surface area (Å²) >= 11 is 0. The second-order valence-corrected chi connectivity index (χ2v) is 8.78. The zero-order valence-electron chi connectivity index (χ0n) is 19.7. The number of nitrogens with one attached hydrogen (secondary N) is 1. The van der Waals surface area contributed by atoms with E-state index in [1.807, 2.05) is 0 Å². The van der Waals surface area contributed by atoms with Crippen LogP contribution in [0.2, 0.25) is 0 Å². The lowest BCUT2D eigenvalue weighted by Gasteiger charge is -2.59. The maximum atomic E-state index is 10.6. The monoisotopic (exact) mass is 565 g/mol. The number of piperidine rings is 1. The van der Waals surface area contributed by atoms with Gasteiger partial charge in [0.1, 0.15) is 0 Å². The molecule has 3 fully saturated rings. The van der Waals surface area contributed by atoms with Crippen molar-refractivity contribution in [3.8, 4) is 0 Å². The van der Waals surface area contributed by atoms with E-state index < -0.39 is 36.4 Å². The molecule has 0 amide bonds. The Morgan fingerprint density at radius 1 is 0.757 bits per heavy atom. The first-order chi connectivity index (χ1) is 16.5. The van der Waals surface area contributed by atoms with Crippen LogP contribution in [-0.2, 0) is 14.4 Å². The Bertz CT molecular complexity index is 695. The van der Waals surface area contributed by atoms with Crippen LogP contribution in [0.15, 0.2) is 0 Å². The molecule has 0 saturated carbocycles. The number of aliphatic carboxylic acids is 3. The quantitative estimate of drug-likeness (QED) is 0.374. The summed E-state index contributed by atoms with van der Waals surface area (Å²) < 4.78 is 95.2. The molecule has 0 aromatic heterocycles. The van der Waals surface area contributed by atoms with Crippen molar-refractivity contribution in [1.82, 2.24) is 15.1 Å². The molecule has 3 saturated heterocycles. The Labute approximate surface area is 205 Å². The largest absolute Gasteiger partial charge is 0.490 e. The minimum atomic E-state index is -5.08. The predicted octanol–water partition coefficient (Wildman–Crippen LogP) is 2.66. The molecule has 3 heterocycles. The normalized spacial score (nSPS) is 20.1. The van der Waals surface area contributed by atoms with Gasteiger partial charge in [-0.1, -0.05) is 0 Å². The Balaban J connectivity index is 0.000000525. The fourth-order valence-corrected chi connectivity index (χ4v) is 3.54. The fourth-order valence-electron chi connectivity index (χ4n) is 3.54. The first-order valence-electron chi connectivity index (χ1n) is 10.6. The van der Waals surface area contributed by atoms with Crippen LogP contribution in [0.3, 0.4) is 0 Å². The molecule has 9 nitrogen and oxygen atoms in total. The average Bonchev–Trinajstić information content (AvgIpc) is 2.65. The van der Waals surface area contributed by atoms with Crippen LogP contribution >= 0.6 is 0 Å². The van der Waals surface area contributed by atoms with E-state index in [2.05, 4.69) is 29.0 Å².